The zero-order chi connectivity index (χ0) is 13.4. The summed E-state index contributed by atoms with van der Waals surface area (Å²) in [5.41, 5.74) is 2.23. The fraction of sp³-hybridized carbons (Fsp3) is 0.786. The van der Waals surface area contributed by atoms with Crippen LogP contribution in [0, 0.1) is 11.8 Å². The van der Waals surface area contributed by atoms with E-state index in [1.165, 1.54) is 31.6 Å². The summed E-state index contributed by atoms with van der Waals surface area (Å²) in [6, 6.07) is 2.19. The normalized spacial score (nSPS) is 22.7. The number of rotatable bonds is 6. The predicted molar refractivity (Wildman–Crippen MR) is 84.7 cm³/mol. The average Bonchev–Trinajstić information content (AvgIpc) is 3.06. The molecule has 1 atom stereocenters. The van der Waals surface area contributed by atoms with E-state index >= 15 is 0 Å². The van der Waals surface area contributed by atoms with Gasteiger partial charge in [-0.3, -0.25) is 4.90 Å². The van der Waals surface area contributed by atoms with E-state index in [0.717, 1.165) is 24.0 Å². The van der Waals surface area contributed by atoms with Crippen LogP contribution in [0.15, 0.2) is 12.3 Å². The molecule has 1 aromatic heterocycles. The second kappa shape index (κ2) is 5.75. The predicted octanol–water partition coefficient (Wildman–Crippen LogP) is 3.66. The lowest BCUT2D eigenvalue weighted by Gasteiger charge is -2.41. The van der Waals surface area contributed by atoms with Crippen molar-refractivity contribution in [2.24, 2.45) is 11.8 Å². The molecule has 1 saturated carbocycles. The Morgan fingerprint density at radius 2 is 2.16 bits per heavy atom. The Labute approximate surface area is 121 Å². The van der Waals surface area contributed by atoms with E-state index < -0.39 is 0 Å². The van der Waals surface area contributed by atoms with E-state index in [9.17, 15) is 0 Å². The fourth-order valence-electron chi connectivity index (χ4n) is 2.50. The second-order valence-electron chi connectivity index (χ2n) is 6.27. The van der Waals surface area contributed by atoms with E-state index in [2.05, 4.69) is 41.8 Å². The molecule has 0 amide bonds. The maximum absolute atomic E-state index is 4.71. The first kappa shape index (κ1) is 13.9. The van der Waals surface area contributed by atoms with Gasteiger partial charge in [-0.15, -0.1) is 0 Å². The van der Waals surface area contributed by atoms with Crippen molar-refractivity contribution in [3.63, 3.8) is 0 Å². The largest absolute Gasteiger partial charge is 0.297 e. The maximum atomic E-state index is 4.71. The molecule has 3 nitrogen and oxygen atoms in total. The van der Waals surface area contributed by atoms with Crippen LogP contribution in [0.4, 0.5) is 0 Å². The van der Waals surface area contributed by atoms with Crippen LogP contribution in [0.3, 0.4) is 0 Å². The first-order valence-corrected chi connectivity index (χ1v) is 10.5. The average molecular weight is 297 g/mol. The highest BCUT2D eigenvalue weighted by molar-refractivity contribution is 8.55. The minimum atomic E-state index is 0.0863. The first-order valence-electron chi connectivity index (χ1n) is 7.30. The molecule has 2 fully saturated rings. The third-order valence-corrected chi connectivity index (χ3v) is 8.55. The van der Waals surface area contributed by atoms with Crippen LogP contribution in [0.2, 0.25) is 0 Å². The minimum absolute atomic E-state index is 0.0863. The molecule has 5 heteroatoms. The number of hydrogen-bond donors (Lipinski definition) is 0. The highest BCUT2D eigenvalue weighted by Gasteiger charge is 2.30. The van der Waals surface area contributed by atoms with Gasteiger partial charge < -0.3 is 0 Å². The fourth-order valence-corrected chi connectivity index (χ4v) is 6.13. The minimum Gasteiger partial charge on any atom is -0.297 e. The molecular formula is C14H24N3PS. The third-order valence-electron chi connectivity index (χ3n) is 4.21. The molecule has 0 radical (unpaired) electrons. The maximum Gasteiger partial charge on any atom is 0.0775 e. The molecule has 2 aliphatic rings. The summed E-state index contributed by atoms with van der Waals surface area (Å²) in [5, 5.41) is 4.71. The van der Waals surface area contributed by atoms with Gasteiger partial charge in [-0.25, -0.2) is 4.09 Å². The smallest absolute Gasteiger partial charge is 0.0775 e. The molecule has 0 bridgehead atoms. The zero-order valence-electron chi connectivity index (χ0n) is 12.1. The van der Waals surface area contributed by atoms with Crippen LogP contribution in [0.25, 0.3) is 0 Å². The summed E-state index contributed by atoms with van der Waals surface area (Å²) in [6.07, 6.45) is 5.02. The van der Waals surface area contributed by atoms with Crippen molar-refractivity contribution in [3.05, 3.63) is 18.0 Å². The lowest BCUT2D eigenvalue weighted by molar-refractivity contribution is 0.0602. The Morgan fingerprint density at radius 3 is 2.79 bits per heavy atom. The van der Waals surface area contributed by atoms with Crippen LogP contribution >= 0.6 is 18.7 Å². The molecule has 1 aliphatic carbocycles. The van der Waals surface area contributed by atoms with Gasteiger partial charge in [0, 0.05) is 37.4 Å². The van der Waals surface area contributed by atoms with Crippen molar-refractivity contribution in [1.29, 1.82) is 0 Å². The third kappa shape index (κ3) is 3.53. The van der Waals surface area contributed by atoms with Crippen molar-refractivity contribution in [2.45, 2.75) is 38.9 Å². The molecule has 1 saturated heterocycles. The van der Waals surface area contributed by atoms with Gasteiger partial charge in [-0.1, -0.05) is 13.8 Å². The summed E-state index contributed by atoms with van der Waals surface area (Å²) in [4.78, 5) is 2.51. The Balaban J connectivity index is 1.46. The molecule has 1 unspecified atom stereocenters. The van der Waals surface area contributed by atoms with E-state index in [1.54, 1.807) is 0 Å². The molecule has 1 aromatic rings. The van der Waals surface area contributed by atoms with Gasteiger partial charge in [0.25, 0.3) is 0 Å². The molecule has 0 spiro atoms. The van der Waals surface area contributed by atoms with Crippen LogP contribution in [0.1, 0.15) is 32.4 Å². The van der Waals surface area contributed by atoms with Crippen molar-refractivity contribution in [2.75, 3.05) is 19.8 Å². The van der Waals surface area contributed by atoms with Crippen molar-refractivity contribution in [1.82, 2.24) is 14.1 Å². The Morgan fingerprint density at radius 1 is 1.42 bits per heavy atom. The highest BCUT2D eigenvalue weighted by atomic mass is 32.7. The number of nitrogens with zero attached hydrogens (tertiary/aromatic N) is 3. The van der Waals surface area contributed by atoms with Gasteiger partial charge in [0.1, 0.15) is 0 Å². The van der Waals surface area contributed by atoms with Crippen LogP contribution in [-0.4, -0.2) is 39.5 Å². The molecule has 0 N–H and O–H groups in total. The van der Waals surface area contributed by atoms with E-state index in [1.807, 2.05) is 11.6 Å². The summed E-state index contributed by atoms with van der Waals surface area (Å²) in [7, 11) is 0.0863. The zero-order valence-corrected chi connectivity index (χ0v) is 13.8. The van der Waals surface area contributed by atoms with Gasteiger partial charge in [-0.05, 0) is 50.2 Å². The Hall–Kier alpha value is -0.0500. The van der Waals surface area contributed by atoms with E-state index in [-0.39, 0.29) is 7.12 Å². The number of likely N-dealkylation sites (tertiary alicyclic amines) is 1. The first-order chi connectivity index (χ1) is 9.11. The lowest BCUT2D eigenvalue weighted by Crippen LogP contribution is -2.48. The molecule has 2 heterocycles. The van der Waals surface area contributed by atoms with Gasteiger partial charge in [0.2, 0.25) is 0 Å². The quantitative estimate of drug-likeness (QED) is 0.748. The van der Waals surface area contributed by atoms with Crippen LogP contribution < -0.4 is 0 Å². The van der Waals surface area contributed by atoms with Crippen LogP contribution in [-0.2, 0) is 6.54 Å². The molecule has 3 rings (SSSR count). The van der Waals surface area contributed by atoms with Crippen molar-refractivity contribution < 1.29 is 0 Å². The van der Waals surface area contributed by atoms with Crippen LogP contribution in [0.5, 0.6) is 0 Å². The second-order valence-corrected chi connectivity index (χ2v) is 10.8. The Kier molecular flexibility index (Phi) is 4.21. The van der Waals surface area contributed by atoms with Gasteiger partial charge >= 0.3 is 0 Å². The highest BCUT2D eigenvalue weighted by Crippen LogP contribution is 2.59. The summed E-state index contributed by atoms with van der Waals surface area (Å²) in [6.45, 7) is 10.6. The van der Waals surface area contributed by atoms with Gasteiger partial charge in [-0.2, -0.15) is 5.10 Å². The standard InChI is InChI=1S/C14H24N3PS/c1-11(2)12-8-16(9-12)10-13-6-7-17(15-13)19-18(3)14-4-5-14/h6-7,11-12,14H,4-5,8-10H2,1-3H3. The molecule has 0 aromatic carbocycles. The summed E-state index contributed by atoms with van der Waals surface area (Å²) < 4.78 is 2.10. The van der Waals surface area contributed by atoms with Crippen molar-refractivity contribution in [3.8, 4) is 0 Å². The Bertz CT molecular complexity index is 424. The number of hydrogen-bond acceptors (Lipinski definition) is 3. The summed E-state index contributed by atoms with van der Waals surface area (Å²) in [5.74, 6) is 1.72. The monoisotopic (exact) mass is 297 g/mol. The van der Waals surface area contributed by atoms with Gasteiger partial charge in [0.05, 0.1) is 5.69 Å². The van der Waals surface area contributed by atoms with E-state index in [4.69, 9.17) is 5.10 Å². The molecule has 106 valence electrons. The number of aromatic nitrogens is 2. The van der Waals surface area contributed by atoms with E-state index in [0.29, 0.717) is 0 Å². The molecule has 19 heavy (non-hydrogen) atoms. The molecule has 1 aliphatic heterocycles. The lowest BCUT2D eigenvalue weighted by atomic mass is 9.88. The summed E-state index contributed by atoms with van der Waals surface area (Å²) >= 11 is 1.94. The topological polar surface area (TPSA) is 21.1 Å². The SMILES string of the molecule is CC(C)C1CN(Cc2ccn(SP(C)C3CC3)n2)C1. The van der Waals surface area contributed by atoms with Gasteiger partial charge in [0.15, 0.2) is 0 Å². The van der Waals surface area contributed by atoms with Crippen molar-refractivity contribution >= 4 is 18.7 Å². The molecular weight excluding hydrogens is 273 g/mol.